The molecular weight excluding hydrogens is 249 g/mol. The van der Waals surface area contributed by atoms with Gasteiger partial charge in [0.2, 0.25) is 0 Å². The summed E-state index contributed by atoms with van der Waals surface area (Å²) in [4.78, 5) is 0. The van der Waals surface area contributed by atoms with Crippen LogP contribution in [0.2, 0.25) is 0 Å². The summed E-state index contributed by atoms with van der Waals surface area (Å²) in [5.74, 6) is 0. The van der Waals surface area contributed by atoms with E-state index in [1.165, 1.54) is 0 Å². The van der Waals surface area contributed by atoms with Crippen LogP contribution < -0.4 is 0 Å². The highest BCUT2D eigenvalue weighted by Crippen LogP contribution is 2.59. The molecule has 0 aromatic carbocycles. The Morgan fingerprint density at radius 1 is 1.46 bits per heavy atom. The highest BCUT2D eigenvalue weighted by atomic mass is 35.7. The standard InChI is InChI=1S/C6H13ClNO2PS2/c1-6(2)8(13-7)11(12)9-4-3-5-10-11/h6H,3-5H2,1-2H3. The molecule has 3 nitrogen and oxygen atoms in total. The summed E-state index contributed by atoms with van der Waals surface area (Å²) < 4.78 is 12.8. The molecule has 0 aliphatic carbocycles. The minimum Gasteiger partial charge on any atom is -0.317 e. The van der Waals surface area contributed by atoms with Gasteiger partial charge in [-0.2, -0.15) is 4.08 Å². The Labute approximate surface area is 93.0 Å². The fourth-order valence-corrected chi connectivity index (χ4v) is 6.15. The highest BCUT2D eigenvalue weighted by Gasteiger charge is 2.33. The van der Waals surface area contributed by atoms with Crippen molar-refractivity contribution in [3.05, 3.63) is 0 Å². The summed E-state index contributed by atoms with van der Waals surface area (Å²) in [7, 11) is 5.73. The SMILES string of the molecule is CC(C)N(SCl)P1(=S)OCCCO1. The monoisotopic (exact) mass is 261 g/mol. The number of hydrogen-bond acceptors (Lipinski definition) is 4. The minimum atomic E-state index is -2.28. The molecule has 1 rings (SSSR count). The van der Waals surface area contributed by atoms with Crippen molar-refractivity contribution in [3.63, 3.8) is 0 Å². The van der Waals surface area contributed by atoms with E-state index >= 15 is 0 Å². The zero-order valence-corrected chi connectivity index (χ0v) is 10.9. The smallest absolute Gasteiger partial charge is 0.274 e. The zero-order valence-electron chi connectivity index (χ0n) is 7.60. The van der Waals surface area contributed by atoms with Gasteiger partial charge in [0.15, 0.2) is 0 Å². The lowest BCUT2D eigenvalue weighted by molar-refractivity contribution is 0.159. The molecule has 0 amide bonds. The van der Waals surface area contributed by atoms with Gasteiger partial charge in [-0.25, -0.2) is 0 Å². The second-order valence-electron chi connectivity index (χ2n) is 2.95. The van der Waals surface area contributed by atoms with Gasteiger partial charge in [0.05, 0.1) is 13.2 Å². The molecule has 0 atom stereocenters. The number of hydrogen-bond donors (Lipinski definition) is 0. The molecule has 13 heavy (non-hydrogen) atoms. The van der Waals surface area contributed by atoms with Crippen molar-refractivity contribution in [1.29, 1.82) is 0 Å². The predicted octanol–water partition coefficient (Wildman–Crippen LogP) is 3.16. The van der Waals surface area contributed by atoms with E-state index in [1.807, 2.05) is 17.9 Å². The fraction of sp³-hybridized carbons (Fsp3) is 1.00. The van der Waals surface area contributed by atoms with Gasteiger partial charge in [-0.05, 0) is 42.8 Å². The van der Waals surface area contributed by atoms with Crippen molar-refractivity contribution in [2.24, 2.45) is 0 Å². The maximum atomic E-state index is 5.73. The van der Waals surface area contributed by atoms with Crippen molar-refractivity contribution in [3.8, 4) is 0 Å². The largest absolute Gasteiger partial charge is 0.317 e. The molecule has 1 aliphatic heterocycles. The number of rotatable bonds is 3. The van der Waals surface area contributed by atoms with Crippen LogP contribution in [-0.4, -0.2) is 23.3 Å². The van der Waals surface area contributed by atoms with Gasteiger partial charge >= 0.3 is 0 Å². The first-order valence-corrected chi connectivity index (χ1v) is 8.27. The predicted molar refractivity (Wildman–Crippen MR) is 61.2 cm³/mol. The van der Waals surface area contributed by atoms with Crippen LogP contribution in [0.1, 0.15) is 20.3 Å². The van der Waals surface area contributed by atoms with E-state index in [4.69, 9.17) is 31.5 Å². The molecule has 0 bridgehead atoms. The molecule has 0 spiro atoms. The molecule has 1 aliphatic rings. The first kappa shape index (κ1) is 12.2. The summed E-state index contributed by atoms with van der Waals surface area (Å²) in [5, 5.41) is 0. The highest BCUT2D eigenvalue weighted by molar-refractivity contribution is 8.25. The lowest BCUT2D eigenvalue weighted by Gasteiger charge is -2.35. The van der Waals surface area contributed by atoms with Crippen LogP contribution in [0.15, 0.2) is 0 Å². The summed E-state index contributed by atoms with van der Waals surface area (Å²) in [6, 6.07) is 0.228. The number of halogens is 1. The molecule has 0 radical (unpaired) electrons. The van der Waals surface area contributed by atoms with Crippen LogP contribution in [-0.2, 0) is 20.9 Å². The van der Waals surface area contributed by atoms with E-state index in [0.29, 0.717) is 13.2 Å². The maximum absolute atomic E-state index is 5.73. The second-order valence-corrected chi connectivity index (χ2v) is 7.44. The Bertz CT molecular complexity index is 207. The maximum Gasteiger partial charge on any atom is 0.274 e. The van der Waals surface area contributed by atoms with Crippen molar-refractivity contribution in [2.45, 2.75) is 26.3 Å². The summed E-state index contributed by atoms with van der Waals surface area (Å²) in [6.45, 7) is 3.11. The normalized spacial score (nSPS) is 22.5. The Hall–Kier alpha value is 1.17. The molecule has 1 fully saturated rings. The zero-order chi connectivity index (χ0) is 9.90. The second kappa shape index (κ2) is 5.31. The molecule has 0 unspecified atom stereocenters. The first-order valence-electron chi connectivity index (χ1n) is 4.07. The molecule has 78 valence electrons. The Balaban J connectivity index is 2.69. The van der Waals surface area contributed by atoms with Crippen LogP contribution in [0.4, 0.5) is 0 Å². The molecule has 1 heterocycles. The lowest BCUT2D eigenvalue weighted by atomic mass is 10.4. The Morgan fingerprint density at radius 3 is 2.38 bits per heavy atom. The van der Waals surface area contributed by atoms with Gasteiger partial charge in [0.25, 0.3) is 6.64 Å². The third-order valence-corrected chi connectivity index (χ3v) is 7.17. The van der Waals surface area contributed by atoms with E-state index in [9.17, 15) is 0 Å². The summed E-state index contributed by atoms with van der Waals surface area (Å²) in [6.07, 6.45) is 0.914. The van der Waals surface area contributed by atoms with Crippen LogP contribution in [0, 0.1) is 0 Å². The molecule has 0 saturated carbocycles. The molecule has 0 aromatic rings. The van der Waals surface area contributed by atoms with Crippen molar-refractivity contribution in [2.75, 3.05) is 13.2 Å². The molecular formula is C6H13ClNO2PS2. The topological polar surface area (TPSA) is 21.7 Å². The van der Waals surface area contributed by atoms with E-state index in [2.05, 4.69) is 0 Å². The first-order chi connectivity index (χ1) is 6.10. The lowest BCUT2D eigenvalue weighted by Crippen LogP contribution is -2.25. The van der Waals surface area contributed by atoms with Gasteiger partial charge in [-0.1, -0.05) is 0 Å². The Morgan fingerprint density at radius 2 is 2.00 bits per heavy atom. The molecule has 0 N–H and O–H groups in total. The van der Waals surface area contributed by atoms with Gasteiger partial charge in [0, 0.05) is 17.2 Å². The fourth-order valence-electron chi connectivity index (χ4n) is 0.970. The van der Waals surface area contributed by atoms with Crippen LogP contribution in [0.25, 0.3) is 0 Å². The van der Waals surface area contributed by atoms with Crippen LogP contribution in [0.3, 0.4) is 0 Å². The minimum absolute atomic E-state index is 0.228. The van der Waals surface area contributed by atoms with E-state index < -0.39 is 6.64 Å². The van der Waals surface area contributed by atoms with Crippen molar-refractivity contribution < 1.29 is 9.05 Å². The van der Waals surface area contributed by atoms with Gasteiger partial charge in [0.1, 0.15) is 0 Å². The summed E-state index contributed by atoms with van der Waals surface area (Å²) >= 11 is 6.42. The molecule has 0 aromatic heterocycles. The molecule has 1 saturated heterocycles. The van der Waals surface area contributed by atoms with Gasteiger partial charge in [-0.3, -0.25) is 0 Å². The van der Waals surface area contributed by atoms with E-state index in [-0.39, 0.29) is 6.04 Å². The van der Waals surface area contributed by atoms with Crippen LogP contribution in [0.5, 0.6) is 0 Å². The van der Waals surface area contributed by atoms with E-state index in [0.717, 1.165) is 17.6 Å². The third-order valence-electron chi connectivity index (χ3n) is 1.55. The van der Waals surface area contributed by atoms with Gasteiger partial charge in [-0.15, -0.1) is 0 Å². The summed E-state index contributed by atoms with van der Waals surface area (Å²) in [5.41, 5.74) is 0. The third kappa shape index (κ3) is 3.06. The quantitative estimate of drug-likeness (QED) is 0.573. The van der Waals surface area contributed by atoms with Crippen molar-refractivity contribution >= 4 is 40.3 Å². The van der Waals surface area contributed by atoms with Gasteiger partial charge < -0.3 is 9.05 Å². The molecule has 7 heteroatoms. The average molecular weight is 262 g/mol. The van der Waals surface area contributed by atoms with Crippen LogP contribution >= 0.6 is 28.5 Å². The Kier molecular flexibility index (Phi) is 5.00. The van der Waals surface area contributed by atoms with Crippen molar-refractivity contribution in [1.82, 2.24) is 4.08 Å². The average Bonchev–Trinajstić information content (AvgIpc) is 2.05. The number of nitrogens with zero attached hydrogens (tertiary/aromatic N) is 1. The van der Waals surface area contributed by atoms with E-state index in [1.54, 1.807) is 0 Å².